The van der Waals surface area contributed by atoms with E-state index in [1.165, 1.54) is 11.0 Å². The van der Waals surface area contributed by atoms with Gasteiger partial charge in [0.05, 0.1) is 44.0 Å². The number of nitrogens with zero attached hydrogens (tertiary/aromatic N) is 6. The van der Waals surface area contributed by atoms with E-state index in [9.17, 15) is 9.59 Å². The Morgan fingerprint density at radius 2 is 1.77 bits per heavy atom. The SMILES string of the molecule is C=CC(=O)Nc1cc(-c2cnn(C)c2)ccc1Nc1ncc2c(n1)N(C)C(=O)N(c1cc(OC)cc(OC)c1)C2. The first-order valence-corrected chi connectivity index (χ1v) is 12.3. The highest BCUT2D eigenvalue weighted by molar-refractivity contribution is 6.05. The third-order valence-corrected chi connectivity index (χ3v) is 6.40. The van der Waals surface area contributed by atoms with E-state index in [0.29, 0.717) is 34.4 Å². The second-order valence-electron chi connectivity index (χ2n) is 9.02. The molecule has 0 bridgehead atoms. The molecule has 2 N–H and O–H groups in total. The number of carbonyl (C=O) groups excluding carboxylic acids is 2. The van der Waals surface area contributed by atoms with Crippen molar-refractivity contribution in [1.82, 2.24) is 19.7 Å². The average Bonchev–Trinajstić information content (AvgIpc) is 3.41. The van der Waals surface area contributed by atoms with E-state index in [2.05, 4.69) is 32.3 Å². The molecule has 1 aliphatic heterocycles. The number of fused-ring (bicyclic) bond motifs is 1. The Morgan fingerprint density at radius 3 is 2.42 bits per heavy atom. The van der Waals surface area contributed by atoms with Crippen molar-refractivity contribution in [2.45, 2.75) is 6.54 Å². The number of nitrogens with one attached hydrogen (secondary N) is 2. The Balaban J connectivity index is 1.44. The zero-order chi connectivity index (χ0) is 28.4. The van der Waals surface area contributed by atoms with Crippen LogP contribution in [0.5, 0.6) is 11.5 Å². The van der Waals surface area contributed by atoms with Crippen LogP contribution in [0.2, 0.25) is 0 Å². The van der Waals surface area contributed by atoms with Gasteiger partial charge in [0.2, 0.25) is 11.9 Å². The highest BCUT2D eigenvalue weighted by Crippen LogP contribution is 2.35. The van der Waals surface area contributed by atoms with Crippen LogP contribution in [-0.2, 0) is 18.4 Å². The number of benzene rings is 2. The summed E-state index contributed by atoms with van der Waals surface area (Å²) >= 11 is 0. The number of hydrogen-bond donors (Lipinski definition) is 2. The molecule has 12 heteroatoms. The largest absolute Gasteiger partial charge is 0.497 e. The van der Waals surface area contributed by atoms with E-state index in [1.807, 2.05) is 31.4 Å². The number of amides is 3. The first-order valence-electron chi connectivity index (χ1n) is 12.3. The van der Waals surface area contributed by atoms with Crippen molar-refractivity contribution >= 4 is 40.8 Å². The van der Waals surface area contributed by atoms with Crippen molar-refractivity contribution in [1.29, 1.82) is 0 Å². The van der Waals surface area contributed by atoms with E-state index in [0.717, 1.165) is 16.7 Å². The van der Waals surface area contributed by atoms with Crippen LogP contribution in [0.1, 0.15) is 5.56 Å². The number of ether oxygens (including phenoxy) is 2. The molecule has 0 atom stereocenters. The molecule has 0 saturated carbocycles. The molecule has 0 fully saturated rings. The highest BCUT2D eigenvalue weighted by atomic mass is 16.5. The van der Waals surface area contributed by atoms with Crippen LogP contribution >= 0.6 is 0 Å². The fourth-order valence-corrected chi connectivity index (χ4v) is 4.33. The van der Waals surface area contributed by atoms with Crippen LogP contribution < -0.4 is 29.9 Å². The van der Waals surface area contributed by atoms with Gasteiger partial charge in [0, 0.05) is 55.8 Å². The quantitative estimate of drug-likeness (QED) is 0.316. The molecule has 3 heterocycles. The van der Waals surface area contributed by atoms with Gasteiger partial charge in [-0.1, -0.05) is 12.6 Å². The molecule has 40 heavy (non-hydrogen) atoms. The van der Waals surface area contributed by atoms with E-state index < -0.39 is 0 Å². The van der Waals surface area contributed by atoms with Crippen LogP contribution in [0.25, 0.3) is 11.1 Å². The van der Waals surface area contributed by atoms with Crippen molar-refractivity contribution in [3.05, 3.63) is 73.2 Å². The van der Waals surface area contributed by atoms with Crippen LogP contribution in [0.3, 0.4) is 0 Å². The van der Waals surface area contributed by atoms with Gasteiger partial charge in [0.15, 0.2) is 0 Å². The van der Waals surface area contributed by atoms with Crippen molar-refractivity contribution in [2.24, 2.45) is 7.05 Å². The Morgan fingerprint density at radius 1 is 1.02 bits per heavy atom. The summed E-state index contributed by atoms with van der Waals surface area (Å²) in [6.07, 6.45) is 6.49. The number of aromatic nitrogens is 4. The van der Waals surface area contributed by atoms with Crippen LogP contribution in [0, 0.1) is 0 Å². The first-order chi connectivity index (χ1) is 19.3. The molecule has 204 valence electrons. The molecule has 0 saturated heterocycles. The fourth-order valence-electron chi connectivity index (χ4n) is 4.33. The minimum Gasteiger partial charge on any atom is -0.497 e. The standard InChI is InChI=1S/C28H28N8O4/c1-6-25(37)31-24-9-17(18-14-30-34(2)15-18)7-8-23(24)32-27-29-13-19-16-36(28(38)35(3)26(19)33-27)20-10-21(39-4)12-22(11-20)40-5/h6-15H,1,16H2,2-5H3,(H,31,37)(H,29,32,33). The number of anilines is 5. The molecule has 5 rings (SSSR count). The van der Waals surface area contributed by atoms with Crippen LogP contribution in [0.4, 0.5) is 33.6 Å². The molecule has 4 aromatic rings. The minimum absolute atomic E-state index is 0.259. The Hall–Kier alpha value is -5.39. The molecule has 0 unspecified atom stereocenters. The summed E-state index contributed by atoms with van der Waals surface area (Å²) in [5.74, 6) is 1.51. The van der Waals surface area contributed by atoms with Crippen molar-refractivity contribution in [3.63, 3.8) is 0 Å². The summed E-state index contributed by atoms with van der Waals surface area (Å²) < 4.78 is 12.4. The molecule has 0 radical (unpaired) electrons. The van der Waals surface area contributed by atoms with E-state index >= 15 is 0 Å². The second-order valence-corrected chi connectivity index (χ2v) is 9.02. The molecule has 0 aliphatic carbocycles. The molecule has 2 aromatic heterocycles. The maximum Gasteiger partial charge on any atom is 0.330 e. The third kappa shape index (κ3) is 5.14. The molecule has 3 amide bonds. The van der Waals surface area contributed by atoms with Gasteiger partial charge in [-0.25, -0.2) is 9.78 Å². The lowest BCUT2D eigenvalue weighted by atomic mass is 10.1. The third-order valence-electron chi connectivity index (χ3n) is 6.40. The Labute approximate surface area is 230 Å². The van der Waals surface area contributed by atoms with Crippen molar-refractivity contribution in [2.75, 3.05) is 41.7 Å². The number of urea groups is 1. The first kappa shape index (κ1) is 26.2. The predicted octanol–water partition coefficient (Wildman–Crippen LogP) is 4.34. The number of hydrogen-bond acceptors (Lipinski definition) is 8. The number of rotatable bonds is 8. The summed E-state index contributed by atoms with van der Waals surface area (Å²) in [6.45, 7) is 3.80. The molecule has 12 nitrogen and oxygen atoms in total. The monoisotopic (exact) mass is 540 g/mol. The summed E-state index contributed by atoms with van der Waals surface area (Å²) in [5, 5.41) is 10.2. The van der Waals surface area contributed by atoms with Gasteiger partial charge in [-0.05, 0) is 23.8 Å². The van der Waals surface area contributed by atoms with Gasteiger partial charge in [-0.2, -0.15) is 10.1 Å². The molecular weight excluding hydrogens is 512 g/mol. The Kier molecular flexibility index (Phi) is 7.06. The zero-order valence-corrected chi connectivity index (χ0v) is 22.5. The van der Waals surface area contributed by atoms with Gasteiger partial charge < -0.3 is 20.1 Å². The van der Waals surface area contributed by atoms with Crippen molar-refractivity contribution in [3.8, 4) is 22.6 Å². The lowest BCUT2D eigenvalue weighted by molar-refractivity contribution is -0.111. The summed E-state index contributed by atoms with van der Waals surface area (Å²) in [7, 11) is 6.60. The normalized spacial score (nSPS) is 12.6. The lowest BCUT2D eigenvalue weighted by Crippen LogP contribution is -2.46. The van der Waals surface area contributed by atoms with Crippen LogP contribution in [-0.4, -0.2) is 53.0 Å². The van der Waals surface area contributed by atoms with E-state index in [4.69, 9.17) is 9.47 Å². The number of methoxy groups -OCH3 is 2. The van der Waals surface area contributed by atoms with Gasteiger partial charge >= 0.3 is 6.03 Å². The fraction of sp³-hybridized carbons (Fsp3) is 0.179. The van der Waals surface area contributed by atoms with E-state index in [-0.39, 0.29) is 24.4 Å². The Bertz CT molecular complexity index is 1590. The molecule has 0 spiro atoms. The summed E-state index contributed by atoms with van der Waals surface area (Å²) in [6, 6.07) is 10.6. The molecule has 1 aliphatic rings. The van der Waals surface area contributed by atoms with Gasteiger partial charge in [-0.3, -0.25) is 19.3 Å². The number of aryl methyl sites for hydroxylation is 1. The smallest absolute Gasteiger partial charge is 0.330 e. The second kappa shape index (κ2) is 10.8. The van der Waals surface area contributed by atoms with Gasteiger partial charge in [0.25, 0.3) is 0 Å². The molecule has 2 aromatic carbocycles. The summed E-state index contributed by atoms with van der Waals surface area (Å²) in [5.41, 5.74) is 4.21. The van der Waals surface area contributed by atoms with E-state index in [1.54, 1.807) is 61.4 Å². The predicted molar refractivity (Wildman–Crippen MR) is 152 cm³/mol. The van der Waals surface area contributed by atoms with Crippen molar-refractivity contribution < 1.29 is 19.1 Å². The minimum atomic E-state index is -0.364. The maximum atomic E-state index is 13.4. The highest BCUT2D eigenvalue weighted by Gasteiger charge is 2.31. The molecular formula is C28H28N8O4. The average molecular weight is 541 g/mol. The number of carbonyl (C=O) groups is 2. The van der Waals surface area contributed by atoms with Gasteiger partial charge in [0.1, 0.15) is 17.3 Å². The summed E-state index contributed by atoms with van der Waals surface area (Å²) in [4.78, 5) is 37.7. The lowest BCUT2D eigenvalue weighted by Gasteiger charge is -2.34. The topological polar surface area (TPSA) is 127 Å². The maximum absolute atomic E-state index is 13.4. The zero-order valence-electron chi connectivity index (χ0n) is 22.5. The van der Waals surface area contributed by atoms with Gasteiger partial charge in [-0.15, -0.1) is 0 Å². The van der Waals surface area contributed by atoms with Crippen LogP contribution in [0.15, 0.2) is 67.6 Å².